The molecule has 0 radical (unpaired) electrons. The molecule has 0 aliphatic carbocycles. The van der Waals surface area contributed by atoms with E-state index in [4.69, 9.17) is 22.3 Å². The molecule has 9 heteroatoms. The second-order valence-corrected chi connectivity index (χ2v) is 7.58. The number of carbonyl (C=O) groups is 1. The number of nitrogens with zero attached hydrogens (tertiary/aromatic N) is 3. The Balaban J connectivity index is 2.20. The van der Waals surface area contributed by atoms with E-state index in [9.17, 15) is 13.2 Å². The van der Waals surface area contributed by atoms with Crippen LogP contribution in [0.2, 0.25) is 5.15 Å². The van der Waals surface area contributed by atoms with Crippen LogP contribution < -0.4 is 4.90 Å². The number of amides is 1. The van der Waals surface area contributed by atoms with Crippen LogP contribution in [0, 0.1) is 12.8 Å². The smallest absolute Gasteiger partial charge is 0.232 e. The van der Waals surface area contributed by atoms with Crippen LogP contribution in [-0.2, 0) is 13.8 Å². The van der Waals surface area contributed by atoms with E-state index in [1.807, 2.05) is 0 Å². The van der Waals surface area contributed by atoms with E-state index in [-0.39, 0.29) is 35.7 Å². The molecule has 6 nitrogen and oxygen atoms in total. The molecule has 19 heavy (non-hydrogen) atoms. The minimum Gasteiger partial charge on any atom is -0.296 e. The summed E-state index contributed by atoms with van der Waals surface area (Å²) in [6.07, 6.45) is 0.132. The van der Waals surface area contributed by atoms with Crippen molar-refractivity contribution in [2.75, 3.05) is 17.2 Å². The predicted octanol–water partition coefficient (Wildman–Crippen LogP) is 1.36. The van der Waals surface area contributed by atoms with Crippen molar-refractivity contribution in [1.82, 2.24) is 9.97 Å². The summed E-state index contributed by atoms with van der Waals surface area (Å²) in [5.41, 5.74) is 0. The average molecular weight is 324 g/mol. The third-order valence-corrected chi connectivity index (χ3v) is 4.15. The average Bonchev–Trinajstić information content (AvgIpc) is 2.54. The lowest BCUT2D eigenvalue weighted by atomic mass is 10.1. The highest BCUT2D eigenvalue weighted by atomic mass is 35.7. The Kier molecular flexibility index (Phi) is 3.98. The first kappa shape index (κ1) is 14.5. The quantitative estimate of drug-likeness (QED) is 0.619. The zero-order valence-corrected chi connectivity index (χ0v) is 12.3. The molecule has 2 rings (SSSR count). The van der Waals surface area contributed by atoms with Gasteiger partial charge < -0.3 is 0 Å². The molecule has 0 aromatic carbocycles. The van der Waals surface area contributed by atoms with E-state index in [0.717, 1.165) is 0 Å². The van der Waals surface area contributed by atoms with Crippen LogP contribution in [0.1, 0.15) is 12.2 Å². The number of carbonyl (C=O) groups excluding carboxylic acids is 1. The lowest BCUT2D eigenvalue weighted by molar-refractivity contribution is -0.117. The number of hydrogen-bond acceptors (Lipinski definition) is 5. The maximum Gasteiger partial charge on any atom is 0.232 e. The minimum atomic E-state index is -3.62. The molecule has 1 aromatic heterocycles. The number of rotatable bonds is 3. The van der Waals surface area contributed by atoms with E-state index in [0.29, 0.717) is 11.6 Å². The van der Waals surface area contributed by atoms with Crippen molar-refractivity contribution >= 4 is 43.1 Å². The van der Waals surface area contributed by atoms with Crippen LogP contribution in [-0.4, -0.2) is 36.6 Å². The van der Waals surface area contributed by atoms with Gasteiger partial charge in [0.1, 0.15) is 16.8 Å². The first-order chi connectivity index (χ1) is 8.74. The van der Waals surface area contributed by atoms with Gasteiger partial charge in [0.05, 0.1) is 5.75 Å². The normalized spacial score (nSPS) is 20.1. The van der Waals surface area contributed by atoms with Crippen molar-refractivity contribution in [3.8, 4) is 0 Å². The number of halogens is 2. The van der Waals surface area contributed by atoms with Crippen molar-refractivity contribution in [1.29, 1.82) is 0 Å². The van der Waals surface area contributed by atoms with Crippen molar-refractivity contribution in [3.05, 3.63) is 17.0 Å². The lowest BCUT2D eigenvalue weighted by Gasteiger charge is -2.15. The van der Waals surface area contributed by atoms with Gasteiger partial charge in [-0.1, -0.05) is 11.6 Å². The summed E-state index contributed by atoms with van der Waals surface area (Å²) in [6.45, 7) is 1.92. The number of aromatic nitrogens is 2. The molecule has 1 amide bonds. The Labute approximate surface area is 120 Å². The molecule has 1 fully saturated rings. The van der Waals surface area contributed by atoms with Gasteiger partial charge in [0.2, 0.25) is 15.0 Å². The van der Waals surface area contributed by atoms with Crippen LogP contribution in [0.15, 0.2) is 6.07 Å². The van der Waals surface area contributed by atoms with Gasteiger partial charge in [0, 0.05) is 35.6 Å². The number of anilines is 1. The zero-order chi connectivity index (χ0) is 14.2. The molecule has 1 atom stereocenters. The molecule has 0 saturated carbocycles. The highest BCUT2D eigenvalue weighted by Crippen LogP contribution is 2.26. The van der Waals surface area contributed by atoms with Crippen molar-refractivity contribution < 1.29 is 13.2 Å². The molecule has 2 heterocycles. The van der Waals surface area contributed by atoms with Gasteiger partial charge in [0.15, 0.2) is 0 Å². The van der Waals surface area contributed by atoms with Gasteiger partial charge in [-0.25, -0.2) is 18.4 Å². The van der Waals surface area contributed by atoms with Crippen molar-refractivity contribution in [2.45, 2.75) is 13.3 Å². The molecular formula is C10H11Cl2N3O3S. The Hall–Kier alpha value is -0.920. The summed E-state index contributed by atoms with van der Waals surface area (Å²) in [6, 6.07) is 1.48. The monoisotopic (exact) mass is 323 g/mol. The molecule has 1 aromatic rings. The van der Waals surface area contributed by atoms with E-state index < -0.39 is 9.05 Å². The van der Waals surface area contributed by atoms with Gasteiger partial charge >= 0.3 is 0 Å². The zero-order valence-electron chi connectivity index (χ0n) is 10.0. The van der Waals surface area contributed by atoms with Crippen LogP contribution in [0.3, 0.4) is 0 Å². The highest BCUT2D eigenvalue weighted by molar-refractivity contribution is 8.13. The topological polar surface area (TPSA) is 80.2 Å². The maximum atomic E-state index is 11.9. The molecule has 1 aliphatic heterocycles. The molecular weight excluding hydrogens is 313 g/mol. The highest BCUT2D eigenvalue weighted by Gasteiger charge is 2.34. The lowest BCUT2D eigenvalue weighted by Crippen LogP contribution is -2.26. The third-order valence-electron chi connectivity index (χ3n) is 2.71. The van der Waals surface area contributed by atoms with Crippen LogP contribution in [0.25, 0.3) is 0 Å². The Morgan fingerprint density at radius 1 is 1.47 bits per heavy atom. The first-order valence-electron chi connectivity index (χ1n) is 5.48. The van der Waals surface area contributed by atoms with E-state index >= 15 is 0 Å². The summed E-state index contributed by atoms with van der Waals surface area (Å²) in [5, 5.41) is 0.240. The second kappa shape index (κ2) is 5.22. The molecule has 1 unspecified atom stereocenters. The van der Waals surface area contributed by atoms with E-state index in [1.165, 1.54) is 11.0 Å². The van der Waals surface area contributed by atoms with Gasteiger partial charge in [-0.3, -0.25) is 9.69 Å². The first-order valence-corrected chi connectivity index (χ1v) is 8.34. The molecule has 1 saturated heterocycles. The molecule has 0 bridgehead atoms. The minimum absolute atomic E-state index is 0.132. The standard InChI is InChI=1S/C10H11Cl2N3O3S/c1-6-13-8(11)3-9(14-6)15-4-7(2-10(15)16)5-19(12,17)18/h3,7H,2,4-5H2,1H3. The van der Waals surface area contributed by atoms with E-state index in [1.54, 1.807) is 6.92 Å². The summed E-state index contributed by atoms with van der Waals surface area (Å²) in [5.74, 6) is 0.0819. The summed E-state index contributed by atoms with van der Waals surface area (Å²) in [4.78, 5) is 21.3. The van der Waals surface area contributed by atoms with Crippen LogP contribution in [0.5, 0.6) is 0 Å². The fraction of sp³-hybridized carbons (Fsp3) is 0.500. The summed E-state index contributed by atoms with van der Waals surface area (Å²) in [7, 11) is 1.58. The summed E-state index contributed by atoms with van der Waals surface area (Å²) >= 11 is 5.81. The Morgan fingerprint density at radius 3 is 2.74 bits per heavy atom. The Morgan fingerprint density at radius 2 is 2.16 bits per heavy atom. The molecule has 104 valence electrons. The van der Waals surface area contributed by atoms with Gasteiger partial charge in [-0.15, -0.1) is 0 Å². The van der Waals surface area contributed by atoms with E-state index in [2.05, 4.69) is 9.97 Å². The van der Waals surface area contributed by atoms with Crippen LogP contribution >= 0.6 is 22.3 Å². The largest absolute Gasteiger partial charge is 0.296 e. The van der Waals surface area contributed by atoms with Gasteiger partial charge in [0.25, 0.3) is 0 Å². The van der Waals surface area contributed by atoms with Crippen molar-refractivity contribution in [3.63, 3.8) is 0 Å². The summed E-state index contributed by atoms with van der Waals surface area (Å²) < 4.78 is 22.1. The van der Waals surface area contributed by atoms with Crippen LogP contribution in [0.4, 0.5) is 5.82 Å². The third kappa shape index (κ3) is 3.77. The SMILES string of the molecule is Cc1nc(Cl)cc(N2CC(CS(=O)(=O)Cl)CC2=O)n1. The van der Waals surface area contributed by atoms with Gasteiger partial charge in [-0.2, -0.15) is 0 Å². The second-order valence-electron chi connectivity index (χ2n) is 4.38. The fourth-order valence-corrected chi connectivity index (χ4v) is 3.59. The fourth-order valence-electron chi connectivity index (χ4n) is 2.05. The molecule has 0 spiro atoms. The predicted molar refractivity (Wildman–Crippen MR) is 71.9 cm³/mol. The maximum absolute atomic E-state index is 11.9. The van der Waals surface area contributed by atoms with Gasteiger partial charge in [-0.05, 0) is 6.92 Å². The molecule has 0 N–H and O–H groups in total. The number of hydrogen-bond donors (Lipinski definition) is 0. The number of aryl methyl sites for hydroxylation is 1. The Bertz CT molecular complexity index is 600. The molecule has 1 aliphatic rings. The van der Waals surface area contributed by atoms with Crippen molar-refractivity contribution in [2.24, 2.45) is 5.92 Å².